The van der Waals surface area contributed by atoms with Gasteiger partial charge in [-0.1, -0.05) is 44.4 Å². The fourth-order valence-electron chi connectivity index (χ4n) is 22.9. The van der Waals surface area contributed by atoms with Crippen molar-refractivity contribution in [1.29, 1.82) is 0 Å². The van der Waals surface area contributed by atoms with Gasteiger partial charge in [0.1, 0.15) is 48.1 Å². The molecule has 12 aliphatic rings. The third-order valence-electron chi connectivity index (χ3n) is 27.3. The van der Waals surface area contributed by atoms with Crippen LogP contribution in [0.2, 0.25) is 0 Å². The first-order valence-electron chi connectivity index (χ1n) is 33.4. The fraction of sp³-hybridized carbons (Fsp3) is 0.690. The summed E-state index contributed by atoms with van der Waals surface area (Å²) in [7, 11) is 0. The molecular formula is C71H90O23. The number of ether oxygens (including phenoxy) is 2. The number of aliphatic hydroxyl groups excluding tert-OH is 6. The van der Waals surface area contributed by atoms with Gasteiger partial charge >= 0.3 is 23.9 Å². The molecule has 9 saturated carbocycles. The van der Waals surface area contributed by atoms with E-state index in [1.807, 2.05) is 13.8 Å². The highest BCUT2D eigenvalue weighted by Crippen LogP contribution is 2.72. The van der Waals surface area contributed by atoms with Gasteiger partial charge in [0.25, 0.3) is 0 Å². The van der Waals surface area contributed by atoms with Crippen molar-refractivity contribution in [3.63, 3.8) is 0 Å². The fourth-order valence-corrected chi connectivity index (χ4v) is 22.9. The molecule has 0 aromatic carbocycles. The third-order valence-corrected chi connectivity index (χ3v) is 27.3. The van der Waals surface area contributed by atoms with Gasteiger partial charge < -0.3 is 65.6 Å². The van der Waals surface area contributed by atoms with Crippen LogP contribution in [-0.2, 0) is 57.4 Å². The number of aliphatic hydroxyl groups is 9. The smallest absolute Gasteiger partial charge is 0.311 e. The monoisotopic (exact) mass is 1310 g/mol. The molecule has 12 aliphatic carbocycles. The van der Waals surface area contributed by atoms with Crippen molar-refractivity contribution in [2.75, 3.05) is 19.8 Å². The van der Waals surface area contributed by atoms with Crippen molar-refractivity contribution < 1.29 is 114 Å². The second-order valence-electron chi connectivity index (χ2n) is 30.9. The summed E-state index contributed by atoms with van der Waals surface area (Å²) in [5.41, 5.74) is -9.26. The lowest BCUT2D eigenvalue weighted by molar-refractivity contribution is -0.182. The number of hydrogen-bond donors (Lipinski definition) is 11. The molecule has 0 saturated heterocycles. The molecule has 12 rings (SSSR count). The summed E-state index contributed by atoms with van der Waals surface area (Å²) >= 11 is 0. The Morgan fingerprint density at radius 2 is 0.777 bits per heavy atom. The zero-order chi connectivity index (χ0) is 68.7. The number of fused-ring (bicyclic) bond motifs is 15. The van der Waals surface area contributed by atoms with Crippen molar-refractivity contribution in [3.05, 3.63) is 70.3 Å². The number of allylic oxidation sites excluding steroid dienone is 9. The summed E-state index contributed by atoms with van der Waals surface area (Å²) in [6, 6.07) is 0. The molecule has 0 spiro atoms. The van der Waals surface area contributed by atoms with E-state index in [0.717, 1.165) is 0 Å². The van der Waals surface area contributed by atoms with Crippen LogP contribution < -0.4 is 0 Å². The van der Waals surface area contributed by atoms with Gasteiger partial charge in [0, 0.05) is 51.6 Å². The molecule has 0 aliphatic heterocycles. The number of hydrogen-bond acceptors (Lipinski definition) is 21. The standard InChI is InChI=1S/C46H58O14.C25H32O9/c1-41-19-31(51)39-27(29(41)11-13-45(41,57)33(53)21-47)7-5-23-15-25(49)17-35(43(23,39)3)59-37(55)9-10-38(56)60-36-18-26(50)16-24-6-8-28-30-12-14-46(58,34(54)22-48)42(30,2)20-32(52)40(28)44(24,36)4;1-23-10-18(28)21-14(16(23)5-6-25(23,34)19(29)11-26)4-3-12-7-13(27)8-17(24(12,21)2)15(22(32)33)9-20(30)31/h15-18,27-32,39-40,47-48,51-52,57-58H,5-14,19-22H2,1-4H3;7-8,14-16,18,21,26,28,34H,3-6,9-11H2,1-2H3,(H,30,31)(H,32,33)/t27-,28-,29-,30-,31-,32-,39+,40+,41-,42-,43+,44+,45-,46-;14-,15?,16-,18-,21+,23-,24+,25-/m00/s1. The maximum atomic E-state index is 13.6. The van der Waals surface area contributed by atoms with Gasteiger partial charge in [-0.05, 0) is 176 Å². The molecule has 23 heteroatoms. The van der Waals surface area contributed by atoms with E-state index in [1.165, 1.54) is 36.5 Å². The third kappa shape index (κ3) is 9.94. The first-order chi connectivity index (χ1) is 43.9. The molecule has 11 N–H and O–H groups in total. The average Bonchev–Trinajstić information content (AvgIpc) is 1.35. The van der Waals surface area contributed by atoms with Gasteiger partial charge in [-0.3, -0.25) is 47.9 Å². The number of esters is 2. The molecule has 0 amide bonds. The van der Waals surface area contributed by atoms with E-state index in [9.17, 15) is 104 Å². The number of aliphatic carboxylic acids is 2. The van der Waals surface area contributed by atoms with Crippen LogP contribution in [0.5, 0.6) is 0 Å². The Morgan fingerprint density at radius 1 is 0.468 bits per heavy atom. The minimum atomic E-state index is -1.80. The van der Waals surface area contributed by atoms with Crippen LogP contribution in [0, 0.1) is 91.7 Å². The topological polar surface area (TPSA) is 412 Å². The Balaban J connectivity index is 0.000000224. The van der Waals surface area contributed by atoms with Crippen molar-refractivity contribution in [1.82, 2.24) is 0 Å². The summed E-state index contributed by atoms with van der Waals surface area (Å²) in [5, 5.41) is 118. The highest BCUT2D eigenvalue weighted by molar-refractivity contribution is 6.04. The van der Waals surface area contributed by atoms with E-state index >= 15 is 0 Å². The minimum absolute atomic E-state index is 0.0503. The zero-order valence-electron chi connectivity index (χ0n) is 54.1. The van der Waals surface area contributed by atoms with Crippen molar-refractivity contribution >= 4 is 58.6 Å². The molecule has 22 atom stereocenters. The van der Waals surface area contributed by atoms with Gasteiger partial charge in [0.2, 0.25) is 0 Å². The zero-order valence-corrected chi connectivity index (χ0v) is 54.1. The predicted octanol–water partition coefficient (Wildman–Crippen LogP) is 3.75. The Kier molecular flexibility index (Phi) is 17.6. The Bertz CT molecular complexity index is 3350. The SMILES string of the molecule is C[C@@]12C(=CC(=O)C=C1C(CC(=O)O)C(=O)O)CC[C@@H]1[C@@H]2[C@@H](O)C[C@@]2(C)[C@H]1CC[C@]2(O)C(=O)CO.C[C@@]12C(=CC(=O)C=C1OC(=O)CCC(=O)OC1=CC(=O)C=C3CC[C@@H]4[C@H]([C@@H](O)C[C@@]5(C)[C@H]4CC[C@]5(O)C(=O)CO)[C@]31C)CC[C@@H]1[C@@H]2[C@@H](O)C[C@@]2(C)[C@H]1CC[C@]2(O)C(=O)CO. The highest BCUT2D eigenvalue weighted by atomic mass is 16.5. The Labute approximate surface area is 544 Å². The molecule has 0 aromatic rings. The van der Waals surface area contributed by atoms with Crippen molar-refractivity contribution in [2.24, 2.45) is 91.7 Å². The van der Waals surface area contributed by atoms with Gasteiger partial charge in [-0.15, -0.1) is 0 Å². The van der Waals surface area contributed by atoms with E-state index < -0.39 is 177 Å². The van der Waals surface area contributed by atoms with E-state index in [2.05, 4.69) is 0 Å². The molecule has 9 fully saturated rings. The maximum absolute atomic E-state index is 13.6. The summed E-state index contributed by atoms with van der Waals surface area (Å²) in [5.74, 6) is -11.5. The molecule has 94 heavy (non-hydrogen) atoms. The van der Waals surface area contributed by atoms with E-state index in [0.29, 0.717) is 74.5 Å². The van der Waals surface area contributed by atoms with E-state index in [1.54, 1.807) is 27.7 Å². The highest BCUT2D eigenvalue weighted by Gasteiger charge is 2.73. The molecule has 0 heterocycles. The first kappa shape index (κ1) is 69.3. The van der Waals surface area contributed by atoms with E-state index in [4.69, 9.17) is 9.47 Å². The van der Waals surface area contributed by atoms with Crippen LogP contribution in [0.3, 0.4) is 0 Å². The molecular weight excluding hydrogens is 1220 g/mol. The van der Waals surface area contributed by atoms with Crippen LogP contribution in [0.15, 0.2) is 70.3 Å². The van der Waals surface area contributed by atoms with Gasteiger partial charge in [-0.2, -0.15) is 0 Å². The molecule has 0 aromatic heterocycles. The summed E-state index contributed by atoms with van der Waals surface area (Å²) in [4.78, 5) is 128. The lowest BCUT2D eigenvalue weighted by Crippen LogP contribution is -2.62. The van der Waals surface area contributed by atoms with Crippen LogP contribution in [-0.4, -0.2) is 170 Å². The number of carbonyl (C=O) groups is 10. The summed E-state index contributed by atoms with van der Waals surface area (Å²) < 4.78 is 11.9. The van der Waals surface area contributed by atoms with Crippen LogP contribution in [0.1, 0.15) is 157 Å². The normalized spacial score (nSPS) is 44.1. The van der Waals surface area contributed by atoms with Crippen molar-refractivity contribution in [3.8, 4) is 0 Å². The summed E-state index contributed by atoms with van der Waals surface area (Å²) in [6.45, 7) is 8.39. The Morgan fingerprint density at radius 3 is 1.09 bits per heavy atom. The number of Topliss-reactive ketones (excluding diaryl/α,β-unsaturated/α-hetero) is 3. The minimum Gasteiger partial charge on any atom is -0.481 e. The van der Waals surface area contributed by atoms with Crippen LogP contribution >= 0.6 is 0 Å². The molecule has 0 bridgehead atoms. The molecule has 23 nitrogen and oxygen atoms in total. The second-order valence-corrected chi connectivity index (χ2v) is 30.9. The van der Waals surface area contributed by atoms with Crippen molar-refractivity contribution in [2.45, 2.75) is 192 Å². The van der Waals surface area contributed by atoms with Crippen LogP contribution in [0.4, 0.5) is 0 Å². The second kappa shape index (κ2) is 23.9. The largest absolute Gasteiger partial charge is 0.481 e. The number of ketones is 6. The van der Waals surface area contributed by atoms with Gasteiger partial charge in [0.05, 0.1) is 54.3 Å². The lowest BCUT2D eigenvalue weighted by atomic mass is 9.44. The average molecular weight is 1310 g/mol. The Hall–Kier alpha value is -6.02. The van der Waals surface area contributed by atoms with E-state index in [-0.39, 0.29) is 103 Å². The van der Waals surface area contributed by atoms with Crippen LogP contribution in [0.25, 0.3) is 0 Å². The summed E-state index contributed by atoms with van der Waals surface area (Å²) in [6.07, 6.45) is 8.73. The molecule has 512 valence electrons. The maximum Gasteiger partial charge on any atom is 0.311 e. The molecule has 1 unspecified atom stereocenters. The number of rotatable bonds is 15. The molecule has 0 radical (unpaired) electrons. The first-order valence-corrected chi connectivity index (χ1v) is 33.4. The van der Waals surface area contributed by atoms with Gasteiger partial charge in [0.15, 0.2) is 34.7 Å². The number of carboxylic acids is 2. The predicted molar refractivity (Wildman–Crippen MR) is 327 cm³/mol. The van der Waals surface area contributed by atoms with Gasteiger partial charge in [-0.25, -0.2) is 0 Å². The number of carbonyl (C=O) groups excluding carboxylic acids is 8. The quantitative estimate of drug-likeness (QED) is 0.104. The lowest BCUT2D eigenvalue weighted by Gasteiger charge is -2.61. The number of carboxylic acid groups (broad SMARTS) is 2.